The molecule has 0 bridgehead atoms. The van der Waals surface area contributed by atoms with E-state index < -0.39 is 0 Å². The molecule has 29 heavy (non-hydrogen) atoms. The fraction of sp³-hybridized carbons (Fsp3) is 0.261. The highest BCUT2D eigenvalue weighted by atomic mass is 16.1. The topological polar surface area (TPSA) is 70.2 Å². The number of hydrogen-bond acceptors (Lipinski definition) is 5. The van der Waals surface area contributed by atoms with Gasteiger partial charge in [-0.15, -0.1) is 0 Å². The van der Waals surface area contributed by atoms with Crippen LogP contribution in [0.5, 0.6) is 0 Å². The Hall–Kier alpha value is -3.41. The Morgan fingerprint density at radius 1 is 0.966 bits per heavy atom. The third-order valence-electron chi connectivity index (χ3n) is 4.73. The Balaban J connectivity index is 1.75. The number of anilines is 4. The molecule has 150 valence electrons. The maximum atomic E-state index is 12.7. The number of aryl methyl sites for hydroxylation is 2. The fourth-order valence-corrected chi connectivity index (χ4v) is 3.11. The monoisotopic (exact) mass is 389 g/mol. The average Bonchev–Trinajstić information content (AvgIpc) is 2.71. The quantitative estimate of drug-likeness (QED) is 0.599. The van der Waals surface area contributed by atoms with Crippen LogP contribution in [0.4, 0.5) is 23.0 Å². The minimum Gasteiger partial charge on any atom is -0.372 e. The smallest absolute Gasteiger partial charge is 0.274 e. The molecule has 0 aliphatic heterocycles. The average molecular weight is 390 g/mol. The van der Waals surface area contributed by atoms with Gasteiger partial charge in [-0.3, -0.25) is 4.79 Å². The maximum Gasteiger partial charge on any atom is 0.274 e. The van der Waals surface area contributed by atoms with E-state index in [1.807, 2.05) is 62.4 Å². The molecule has 0 aliphatic rings. The SMILES string of the molecule is CCN(CC)c1ccc(NC(=O)c2cc(C)nc(Nc3ccccc3C)n2)cc1. The van der Waals surface area contributed by atoms with E-state index in [0.717, 1.165) is 41.4 Å². The van der Waals surface area contributed by atoms with Crippen molar-refractivity contribution in [3.63, 3.8) is 0 Å². The van der Waals surface area contributed by atoms with Gasteiger partial charge in [-0.25, -0.2) is 9.97 Å². The molecule has 1 aromatic heterocycles. The Morgan fingerprint density at radius 2 is 1.66 bits per heavy atom. The molecule has 0 fully saturated rings. The molecular weight excluding hydrogens is 362 g/mol. The zero-order chi connectivity index (χ0) is 20.8. The minimum absolute atomic E-state index is 0.265. The second-order valence-corrected chi connectivity index (χ2v) is 6.83. The van der Waals surface area contributed by atoms with Gasteiger partial charge in [0.15, 0.2) is 0 Å². The van der Waals surface area contributed by atoms with E-state index in [9.17, 15) is 4.79 Å². The standard InChI is InChI=1S/C23H27N5O/c1-5-28(6-2)19-13-11-18(12-14-19)25-22(29)21-15-17(4)24-23(27-21)26-20-10-8-7-9-16(20)3/h7-15H,5-6H2,1-4H3,(H,25,29)(H,24,26,27). The van der Waals surface area contributed by atoms with Gasteiger partial charge in [-0.2, -0.15) is 0 Å². The van der Waals surface area contributed by atoms with Crippen LogP contribution in [0, 0.1) is 13.8 Å². The van der Waals surface area contributed by atoms with E-state index in [0.29, 0.717) is 11.6 Å². The van der Waals surface area contributed by atoms with Crippen LogP contribution in [-0.4, -0.2) is 29.0 Å². The summed E-state index contributed by atoms with van der Waals surface area (Å²) < 4.78 is 0. The molecule has 1 amide bonds. The van der Waals surface area contributed by atoms with Gasteiger partial charge in [-0.05, 0) is 69.7 Å². The van der Waals surface area contributed by atoms with Crippen LogP contribution in [0.3, 0.4) is 0 Å². The Labute approximate surface area is 172 Å². The van der Waals surface area contributed by atoms with Gasteiger partial charge in [0.05, 0.1) is 0 Å². The van der Waals surface area contributed by atoms with Crippen molar-refractivity contribution in [2.24, 2.45) is 0 Å². The summed E-state index contributed by atoms with van der Waals surface area (Å²) in [7, 11) is 0. The van der Waals surface area contributed by atoms with E-state index in [2.05, 4.69) is 39.3 Å². The van der Waals surface area contributed by atoms with E-state index in [1.165, 1.54) is 0 Å². The summed E-state index contributed by atoms with van der Waals surface area (Å²) in [6, 6.07) is 17.4. The van der Waals surface area contributed by atoms with Crippen molar-refractivity contribution in [1.29, 1.82) is 0 Å². The first kappa shape index (κ1) is 20.3. The van der Waals surface area contributed by atoms with Crippen LogP contribution in [0.25, 0.3) is 0 Å². The number of para-hydroxylation sites is 1. The lowest BCUT2D eigenvalue weighted by atomic mass is 10.2. The van der Waals surface area contributed by atoms with E-state index >= 15 is 0 Å². The molecule has 6 nitrogen and oxygen atoms in total. The van der Waals surface area contributed by atoms with Crippen LogP contribution in [0.15, 0.2) is 54.6 Å². The Bertz CT molecular complexity index is 981. The van der Waals surface area contributed by atoms with Crippen molar-refractivity contribution >= 4 is 28.9 Å². The highest BCUT2D eigenvalue weighted by Gasteiger charge is 2.12. The number of nitrogens with zero attached hydrogens (tertiary/aromatic N) is 3. The molecule has 0 aliphatic carbocycles. The number of rotatable bonds is 7. The van der Waals surface area contributed by atoms with Gasteiger partial charge in [-0.1, -0.05) is 18.2 Å². The third-order valence-corrected chi connectivity index (χ3v) is 4.73. The molecular formula is C23H27N5O. The Morgan fingerprint density at radius 3 is 2.31 bits per heavy atom. The predicted molar refractivity (Wildman–Crippen MR) is 119 cm³/mol. The number of carbonyl (C=O) groups is 1. The first-order valence-electron chi connectivity index (χ1n) is 9.84. The molecule has 3 rings (SSSR count). The number of carbonyl (C=O) groups excluding carboxylic acids is 1. The van der Waals surface area contributed by atoms with Crippen LogP contribution < -0.4 is 15.5 Å². The van der Waals surface area contributed by atoms with Crippen LogP contribution in [0.2, 0.25) is 0 Å². The van der Waals surface area contributed by atoms with Crippen LogP contribution >= 0.6 is 0 Å². The minimum atomic E-state index is -0.265. The molecule has 3 aromatic rings. The highest BCUT2D eigenvalue weighted by Crippen LogP contribution is 2.20. The van der Waals surface area contributed by atoms with Gasteiger partial charge >= 0.3 is 0 Å². The zero-order valence-electron chi connectivity index (χ0n) is 17.4. The number of aromatic nitrogens is 2. The molecule has 2 aromatic carbocycles. The summed E-state index contributed by atoms with van der Waals surface area (Å²) in [6.45, 7) is 9.99. The van der Waals surface area contributed by atoms with Gasteiger partial charge in [0.1, 0.15) is 5.69 Å². The second kappa shape index (κ2) is 9.19. The first-order valence-corrected chi connectivity index (χ1v) is 9.84. The number of benzene rings is 2. The highest BCUT2D eigenvalue weighted by molar-refractivity contribution is 6.03. The van der Waals surface area contributed by atoms with Gasteiger partial charge in [0, 0.05) is 35.8 Å². The lowest BCUT2D eigenvalue weighted by Crippen LogP contribution is -2.21. The summed E-state index contributed by atoms with van der Waals surface area (Å²) in [6.07, 6.45) is 0. The lowest BCUT2D eigenvalue weighted by Gasteiger charge is -2.21. The molecule has 0 atom stereocenters. The third kappa shape index (κ3) is 5.10. The van der Waals surface area contributed by atoms with Crippen molar-refractivity contribution in [2.75, 3.05) is 28.6 Å². The molecule has 0 saturated carbocycles. The molecule has 6 heteroatoms. The molecule has 1 heterocycles. The first-order chi connectivity index (χ1) is 14.0. The molecule has 0 radical (unpaired) electrons. The van der Waals surface area contributed by atoms with Gasteiger partial charge in [0.25, 0.3) is 5.91 Å². The largest absolute Gasteiger partial charge is 0.372 e. The van der Waals surface area contributed by atoms with Crippen LogP contribution in [-0.2, 0) is 0 Å². The van der Waals surface area contributed by atoms with Crippen molar-refractivity contribution in [3.8, 4) is 0 Å². The van der Waals surface area contributed by atoms with Crippen molar-refractivity contribution < 1.29 is 4.79 Å². The Kier molecular flexibility index (Phi) is 6.44. The van der Waals surface area contributed by atoms with Gasteiger partial charge < -0.3 is 15.5 Å². The van der Waals surface area contributed by atoms with E-state index in [4.69, 9.17) is 0 Å². The summed E-state index contributed by atoms with van der Waals surface area (Å²) in [5.41, 5.74) is 4.90. The predicted octanol–water partition coefficient (Wildman–Crippen LogP) is 4.94. The van der Waals surface area contributed by atoms with E-state index in [-0.39, 0.29) is 5.91 Å². The van der Waals surface area contributed by atoms with Crippen molar-refractivity contribution in [1.82, 2.24) is 9.97 Å². The fourth-order valence-electron chi connectivity index (χ4n) is 3.11. The number of nitrogens with one attached hydrogen (secondary N) is 2. The van der Waals surface area contributed by atoms with Crippen molar-refractivity contribution in [3.05, 3.63) is 71.5 Å². The van der Waals surface area contributed by atoms with Crippen molar-refractivity contribution in [2.45, 2.75) is 27.7 Å². The summed E-state index contributed by atoms with van der Waals surface area (Å²) >= 11 is 0. The molecule has 0 saturated heterocycles. The summed E-state index contributed by atoms with van der Waals surface area (Å²) in [5, 5.41) is 6.11. The van der Waals surface area contributed by atoms with E-state index in [1.54, 1.807) is 6.07 Å². The molecule has 0 unspecified atom stereocenters. The second-order valence-electron chi connectivity index (χ2n) is 6.83. The maximum absolute atomic E-state index is 12.7. The molecule has 0 spiro atoms. The summed E-state index contributed by atoms with van der Waals surface area (Å²) in [5.74, 6) is 0.139. The lowest BCUT2D eigenvalue weighted by molar-refractivity contribution is 0.102. The number of amides is 1. The number of hydrogen-bond donors (Lipinski definition) is 2. The van der Waals surface area contributed by atoms with Gasteiger partial charge in [0.2, 0.25) is 5.95 Å². The summed E-state index contributed by atoms with van der Waals surface area (Å²) in [4.78, 5) is 23.8. The van der Waals surface area contributed by atoms with Crippen LogP contribution in [0.1, 0.15) is 35.6 Å². The molecule has 2 N–H and O–H groups in total. The normalized spacial score (nSPS) is 10.5. The zero-order valence-corrected chi connectivity index (χ0v) is 17.4.